The number of nitro groups is 1. The van der Waals surface area contributed by atoms with Crippen molar-refractivity contribution in [2.75, 3.05) is 12.3 Å². The summed E-state index contributed by atoms with van der Waals surface area (Å²) in [5, 5.41) is 14.9. The molecule has 0 unspecified atom stereocenters. The lowest BCUT2D eigenvalue weighted by Crippen LogP contribution is -2.00. The fourth-order valence-electron chi connectivity index (χ4n) is 2.17. The summed E-state index contributed by atoms with van der Waals surface area (Å²) in [7, 11) is 0. The first kappa shape index (κ1) is 14.8. The number of nitro benzene ring substituents is 1. The van der Waals surface area contributed by atoms with Gasteiger partial charge in [-0.15, -0.1) is 0 Å². The predicted octanol–water partition coefficient (Wildman–Crippen LogP) is 3.18. The summed E-state index contributed by atoms with van der Waals surface area (Å²) in [6, 6.07) is 4.69. The van der Waals surface area contributed by atoms with Crippen LogP contribution in [0.1, 0.15) is 25.8 Å². The number of anilines is 1. The van der Waals surface area contributed by atoms with Gasteiger partial charge < -0.3 is 15.0 Å². The molecule has 7 heteroatoms. The van der Waals surface area contributed by atoms with Gasteiger partial charge >= 0.3 is 5.69 Å². The molecule has 1 aromatic heterocycles. The Bertz CT molecular complexity index is 652. The topological polar surface area (TPSA) is 104 Å². The largest absolute Gasteiger partial charge is 0.487 e. The Kier molecular flexibility index (Phi) is 4.42. The third-order valence-electron chi connectivity index (χ3n) is 3.04. The van der Waals surface area contributed by atoms with E-state index in [9.17, 15) is 10.1 Å². The van der Waals surface area contributed by atoms with Gasteiger partial charge in [-0.1, -0.05) is 24.6 Å². The second-order valence-electron chi connectivity index (χ2n) is 4.47. The molecule has 0 fully saturated rings. The molecule has 21 heavy (non-hydrogen) atoms. The van der Waals surface area contributed by atoms with E-state index in [1.54, 1.807) is 19.1 Å². The van der Waals surface area contributed by atoms with Crippen LogP contribution in [0.5, 0.6) is 5.75 Å². The third kappa shape index (κ3) is 2.81. The van der Waals surface area contributed by atoms with Crippen LogP contribution in [-0.2, 0) is 6.42 Å². The number of nitrogens with two attached hydrogens (primary N) is 1. The minimum atomic E-state index is -0.478. The molecular weight excluding hydrogens is 274 g/mol. The quantitative estimate of drug-likeness (QED) is 0.647. The van der Waals surface area contributed by atoms with Gasteiger partial charge in [-0.2, -0.15) is 0 Å². The maximum absolute atomic E-state index is 11.2. The fraction of sp³-hybridized carbons (Fsp3) is 0.357. The van der Waals surface area contributed by atoms with E-state index in [1.807, 2.05) is 6.92 Å². The first-order chi connectivity index (χ1) is 10.1. The molecule has 2 rings (SSSR count). The number of nitrogens with zero attached hydrogens (tertiary/aromatic N) is 2. The number of rotatable bonds is 6. The highest BCUT2D eigenvalue weighted by atomic mass is 16.6. The number of benzene rings is 1. The van der Waals surface area contributed by atoms with Crippen molar-refractivity contribution in [1.29, 1.82) is 0 Å². The van der Waals surface area contributed by atoms with Crippen LogP contribution in [0.15, 0.2) is 22.7 Å². The van der Waals surface area contributed by atoms with E-state index in [-0.39, 0.29) is 11.4 Å². The molecule has 0 aliphatic rings. The number of hydrogen-bond donors (Lipinski definition) is 1. The molecule has 1 heterocycles. The van der Waals surface area contributed by atoms with E-state index >= 15 is 0 Å². The SMILES string of the molecule is CCCc1c(N)noc1-c1cccc([N+](=O)[O-])c1OCC. The summed E-state index contributed by atoms with van der Waals surface area (Å²) in [5.74, 6) is 0.917. The molecule has 0 saturated carbocycles. The monoisotopic (exact) mass is 291 g/mol. The maximum Gasteiger partial charge on any atom is 0.311 e. The highest BCUT2D eigenvalue weighted by Crippen LogP contribution is 2.40. The molecule has 0 radical (unpaired) electrons. The van der Waals surface area contributed by atoms with Crippen LogP contribution in [0.25, 0.3) is 11.3 Å². The molecule has 0 bridgehead atoms. The van der Waals surface area contributed by atoms with E-state index in [0.29, 0.717) is 30.2 Å². The Morgan fingerprint density at radius 3 is 2.81 bits per heavy atom. The van der Waals surface area contributed by atoms with Gasteiger partial charge in [0.15, 0.2) is 11.6 Å². The zero-order chi connectivity index (χ0) is 15.4. The Balaban J connectivity index is 2.63. The Hall–Kier alpha value is -2.57. The van der Waals surface area contributed by atoms with Gasteiger partial charge in [0.1, 0.15) is 0 Å². The first-order valence-corrected chi connectivity index (χ1v) is 6.74. The van der Waals surface area contributed by atoms with E-state index in [1.165, 1.54) is 6.07 Å². The second-order valence-corrected chi connectivity index (χ2v) is 4.47. The van der Waals surface area contributed by atoms with Crippen molar-refractivity contribution >= 4 is 11.5 Å². The predicted molar refractivity (Wildman–Crippen MR) is 78.2 cm³/mol. The van der Waals surface area contributed by atoms with Gasteiger partial charge in [0.25, 0.3) is 0 Å². The Morgan fingerprint density at radius 2 is 2.19 bits per heavy atom. The van der Waals surface area contributed by atoms with E-state index in [2.05, 4.69) is 5.16 Å². The smallest absolute Gasteiger partial charge is 0.311 e. The van der Waals surface area contributed by atoms with Gasteiger partial charge in [-0.25, -0.2) is 0 Å². The lowest BCUT2D eigenvalue weighted by atomic mass is 10.0. The van der Waals surface area contributed by atoms with Crippen LogP contribution in [-0.4, -0.2) is 16.7 Å². The zero-order valence-corrected chi connectivity index (χ0v) is 12.0. The maximum atomic E-state index is 11.2. The van der Waals surface area contributed by atoms with Crippen LogP contribution in [0.4, 0.5) is 11.5 Å². The van der Waals surface area contributed by atoms with Crippen LogP contribution in [0.3, 0.4) is 0 Å². The van der Waals surface area contributed by atoms with Crippen molar-refractivity contribution in [3.8, 4) is 17.1 Å². The summed E-state index contributed by atoms with van der Waals surface area (Å²) in [4.78, 5) is 10.7. The number of aromatic nitrogens is 1. The summed E-state index contributed by atoms with van der Waals surface area (Å²) in [5.41, 5.74) is 6.95. The molecule has 0 aliphatic carbocycles. The normalized spacial score (nSPS) is 10.6. The third-order valence-corrected chi connectivity index (χ3v) is 3.04. The van der Waals surface area contributed by atoms with Crippen molar-refractivity contribution in [2.24, 2.45) is 0 Å². The summed E-state index contributed by atoms with van der Waals surface area (Å²) in [6.07, 6.45) is 1.54. The first-order valence-electron chi connectivity index (χ1n) is 6.74. The van der Waals surface area contributed by atoms with Crippen LogP contribution < -0.4 is 10.5 Å². The van der Waals surface area contributed by atoms with E-state index in [0.717, 1.165) is 12.0 Å². The molecule has 2 aromatic rings. The van der Waals surface area contributed by atoms with Crippen molar-refractivity contribution < 1.29 is 14.2 Å². The van der Waals surface area contributed by atoms with Crippen LogP contribution >= 0.6 is 0 Å². The van der Waals surface area contributed by atoms with Crippen molar-refractivity contribution in [2.45, 2.75) is 26.7 Å². The molecule has 2 N–H and O–H groups in total. The number of nitrogen functional groups attached to an aromatic ring is 1. The van der Waals surface area contributed by atoms with Gasteiger partial charge in [-0.3, -0.25) is 10.1 Å². The minimum Gasteiger partial charge on any atom is -0.487 e. The molecule has 0 saturated heterocycles. The van der Waals surface area contributed by atoms with Crippen LogP contribution in [0, 0.1) is 10.1 Å². The summed E-state index contributed by atoms with van der Waals surface area (Å²) in [6.45, 7) is 4.08. The lowest BCUT2D eigenvalue weighted by Gasteiger charge is -2.09. The minimum absolute atomic E-state index is 0.105. The zero-order valence-electron chi connectivity index (χ0n) is 12.0. The molecule has 1 aromatic carbocycles. The standard InChI is InChI=1S/C14H17N3O4/c1-3-6-10-12(21-16-14(10)15)9-7-5-8-11(17(18)19)13(9)20-4-2/h5,7-8H,3-4,6H2,1-2H3,(H2,15,16). The molecular formula is C14H17N3O4. The van der Waals surface area contributed by atoms with Gasteiger partial charge in [-0.05, 0) is 19.4 Å². The van der Waals surface area contributed by atoms with E-state index < -0.39 is 4.92 Å². The average molecular weight is 291 g/mol. The highest BCUT2D eigenvalue weighted by Gasteiger charge is 2.25. The molecule has 7 nitrogen and oxygen atoms in total. The Morgan fingerprint density at radius 1 is 1.43 bits per heavy atom. The fourth-order valence-corrected chi connectivity index (χ4v) is 2.17. The molecule has 0 amide bonds. The molecule has 0 spiro atoms. The highest BCUT2D eigenvalue weighted by molar-refractivity contribution is 5.76. The molecule has 0 atom stereocenters. The summed E-state index contributed by atoms with van der Waals surface area (Å²) < 4.78 is 10.7. The van der Waals surface area contributed by atoms with Gasteiger partial charge in [0.2, 0.25) is 5.75 Å². The van der Waals surface area contributed by atoms with Crippen molar-refractivity contribution in [1.82, 2.24) is 5.16 Å². The van der Waals surface area contributed by atoms with Gasteiger partial charge in [0, 0.05) is 11.6 Å². The Labute approximate surface area is 121 Å². The van der Waals surface area contributed by atoms with E-state index in [4.69, 9.17) is 15.0 Å². The van der Waals surface area contributed by atoms with Gasteiger partial charge in [0.05, 0.1) is 17.1 Å². The van der Waals surface area contributed by atoms with Crippen LogP contribution in [0.2, 0.25) is 0 Å². The number of hydrogen-bond acceptors (Lipinski definition) is 6. The summed E-state index contributed by atoms with van der Waals surface area (Å²) >= 11 is 0. The van der Waals surface area contributed by atoms with Crippen molar-refractivity contribution in [3.05, 3.63) is 33.9 Å². The average Bonchev–Trinajstić information content (AvgIpc) is 2.81. The lowest BCUT2D eigenvalue weighted by molar-refractivity contribution is -0.385. The number of para-hydroxylation sites is 1. The molecule has 0 aliphatic heterocycles. The van der Waals surface area contributed by atoms with Crippen molar-refractivity contribution in [3.63, 3.8) is 0 Å². The second kappa shape index (κ2) is 6.25. The number of ether oxygens (including phenoxy) is 1. The molecule has 112 valence electrons.